The number of nitrogens with zero attached hydrogens (tertiary/aromatic N) is 1. The van der Waals surface area contributed by atoms with Crippen LogP contribution in [0.3, 0.4) is 0 Å². The van der Waals surface area contributed by atoms with E-state index >= 15 is 0 Å². The van der Waals surface area contributed by atoms with Crippen molar-refractivity contribution in [1.82, 2.24) is 14.7 Å². The Morgan fingerprint density at radius 2 is 2.25 bits per heavy atom. The molecule has 106 valence electrons. The maximum atomic E-state index is 12.3. The van der Waals surface area contributed by atoms with E-state index in [1.807, 2.05) is 0 Å². The van der Waals surface area contributed by atoms with Gasteiger partial charge in [-0.25, -0.2) is 18.1 Å². The van der Waals surface area contributed by atoms with Crippen molar-refractivity contribution >= 4 is 27.2 Å². The van der Waals surface area contributed by atoms with Gasteiger partial charge in [-0.15, -0.1) is 0 Å². The first kappa shape index (κ1) is 14.6. The van der Waals surface area contributed by atoms with Crippen LogP contribution >= 0.6 is 12.2 Å². The summed E-state index contributed by atoms with van der Waals surface area (Å²) < 4.78 is 27.1. The first-order valence-electron chi connectivity index (χ1n) is 5.81. The second-order valence-corrected chi connectivity index (χ2v) is 6.36. The number of aromatic nitrogens is 2. The van der Waals surface area contributed by atoms with E-state index in [4.69, 9.17) is 18.0 Å². The van der Waals surface area contributed by atoms with Crippen molar-refractivity contribution in [2.45, 2.75) is 17.9 Å². The van der Waals surface area contributed by atoms with Crippen LogP contribution in [0.25, 0.3) is 0 Å². The average Bonchev–Trinajstić information content (AvgIpc) is 2.92. The van der Waals surface area contributed by atoms with Crippen LogP contribution in [0.2, 0.25) is 0 Å². The van der Waals surface area contributed by atoms with E-state index in [-0.39, 0.29) is 9.88 Å². The molecule has 0 aliphatic heterocycles. The fraction of sp³-hybridized carbons (Fsp3) is 0.167. The summed E-state index contributed by atoms with van der Waals surface area (Å²) in [5.74, 6) is 0.541. The van der Waals surface area contributed by atoms with Crippen molar-refractivity contribution in [3.63, 3.8) is 0 Å². The van der Waals surface area contributed by atoms with E-state index in [1.165, 1.54) is 12.1 Å². The standard InChI is InChI=1S/C12H14N4O2S2/c1-8(12-14-5-6-15-12)16-20(17,18)10-4-2-3-9(7-10)11(13)19/h2-8,16H,1H3,(H2,13,19)(H,14,15). The zero-order chi connectivity index (χ0) is 14.8. The number of hydrogen-bond acceptors (Lipinski definition) is 4. The molecule has 20 heavy (non-hydrogen) atoms. The Hall–Kier alpha value is -1.77. The molecule has 1 aromatic heterocycles. The molecule has 2 rings (SSSR count). The zero-order valence-electron chi connectivity index (χ0n) is 10.7. The Kier molecular flexibility index (Phi) is 4.17. The van der Waals surface area contributed by atoms with Crippen LogP contribution in [0.1, 0.15) is 24.4 Å². The lowest BCUT2D eigenvalue weighted by molar-refractivity contribution is 0.561. The van der Waals surface area contributed by atoms with Crippen LogP contribution in [-0.2, 0) is 10.0 Å². The van der Waals surface area contributed by atoms with Crippen LogP contribution < -0.4 is 10.5 Å². The summed E-state index contributed by atoms with van der Waals surface area (Å²) in [7, 11) is -3.67. The van der Waals surface area contributed by atoms with Gasteiger partial charge in [-0.05, 0) is 19.1 Å². The minimum atomic E-state index is -3.67. The molecular weight excluding hydrogens is 296 g/mol. The molecule has 0 saturated heterocycles. The molecule has 0 aliphatic carbocycles. The van der Waals surface area contributed by atoms with Gasteiger partial charge >= 0.3 is 0 Å². The largest absolute Gasteiger partial charge is 0.389 e. The molecule has 8 heteroatoms. The van der Waals surface area contributed by atoms with Crippen molar-refractivity contribution in [2.24, 2.45) is 5.73 Å². The number of benzene rings is 1. The predicted octanol–water partition coefficient (Wildman–Crippen LogP) is 1.08. The molecule has 1 unspecified atom stereocenters. The van der Waals surface area contributed by atoms with Crippen molar-refractivity contribution in [3.8, 4) is 0 Å². The Morgan fingerprint density at radius 3 is 2.85 bits per heavy atom. The normalized spacial score (nSPS) is 13.1. The van der Waals surface area contributed by atoms with Crippen molar-refractivity contribution in [2.75, 3.05) is 0 Å². The van der Waals surface area contributed by atoms with Crippen LogP contribution in [0, 0.1) is 0 Å². The maximum Gasteiger partial charge on any atom is 0.241 e. The number of thiocarbonyl (C=S) groups is 1. The minimum Gasteiger partial charge on any atom is -0.389 e. The quantitative estimate of drug-likeness (QED) is 0.718. The van der Waals surface area contributed by atoms with Gasteiger partial charge in [0.25, 0.3) is 0 Å². The number of nitrogens with one attached hydrogen (secondary N) is 2. The van der Waals surface area contributed by atoms with Crippen LogP contribution in [0.15, 0.2) is 41.6 Å². The van der Waals surface area contributed by atoms with Gasteiger partial charge in [0.15, 0.2) is 0 Å². The molecule has 0 fully saturated rings. The SMILES string of the molecule is CC(NS(=O)(=O)c1cccc(C(N)=S)c1)c1ncc[nH]1. The van der Waals surface area contributed by atoms with Crippen LogP contribution in [0.5, 0.6) is 0 Å². The van der Waals surface area contributed by atoms with Gasteiger partial charge in [0.2, 0.25) is 10.0 Å². The summed E-state index contributed by atoms with van der Waals surface area (Å²) in [6.45, 7) is 1.70. The van der Waals surface area contributed by atoms with E-state index in [9.17, 15) is 8.42 Å². The molecule has 0 spiro atoms. The summed E-state index contributed by atoms with van der Waals surface area (Å²) in [5.41, 5.74) is 6.01. The molecule has 2 aromatic rings. The van der Waals surface area contributed by atoms with E-state index in [0.717, 1.165) is 0 Å². The Bertz CT molecular complexity index is 711. The fourth-order valence-electron chi connectivity index (χ4n) is 1.69. The number of aromatic amines is 1. The Balaban J connectivity index is 2.26. The lowest BCUT2D eigenvalue weighted by atomic mass is 10.2. The lowest BCUT2D eigenvalue weighted by Crippen LogP contribution is -2.27. The number of hydrogen-bond donors (Lipinski definition) is 3. The molecule has 0 amide bonds. The molecule has 1 aromatic carbocycles. The predicted molar refractivity (Wildman–Crippen MR) is 79.7 cm³/mol. The lowest BCUT2D eigenvalue weighted by Gasteiger charge is -2.12. The van der Waals surface area contributed by atoms with Gasteiger partial charge < -0.3 is 10.7 Å². The van der Waals surface area contributed by atoms with Crippen molar-refractivity contribution in [1.29, 1.82) is 0 Å². The second-order valence-electron chi connectivity index (χ2n) is 4.21. The number of sulfonamides is 1. The number of imidazole rings is 1. The van der Waals surface area contributed by atoms with Gasteiger partial charge in [-0.1, -0.05) is 24.4 Å². The number of H-pyrrole nitrogens is 1. The highest BCUT2D eigenvalue weighted by Crippen LogP contribution is 2.15. The zero-order valence-corrected chi connectivity index (χ0v) is 12.3. The smallest absolute Gasteiger partial charge is 0.241 e. The van der Waals surface area contributed by atoms with Crippen molar-refractivity contribution < 1.29 is 8.42 Å². The summed E-state index contributed by atoms with van der Waals surface area (Å²) in [6, 6.07) is 5.72. The molecular formula is C12H14N4O2S2. The minimum absolute atomic E-state index is 0.112. The summed E-state index contributed by atoms with van der Waals surface area (Å²) >= 11 is 4.84. The highest BCUT2D eigenvalue weighted by Gasteiger charge is 2.20. The monoisotopic (exact) mass is 310 g/mol. The summed E-state index contributed by atoms with van der Waals surface area (Å²) in [5, 5.41) is 0. The average molecular weight is 310 g/mol. The van der Waals surface area contributed by atoms with E-state index in [1.54, 1.807) is 31.5 Å². The van der Waals surface area contributed by atoms with Gasteiger partial charge in [-0.3, -0.25) is 0 Å². The first-order chi connectivity index (χ1) is 9.40. The van der Waals surface area contributed by atoms with E-state index in [2.05, 4.69) is 14.7 Å². The third-order valence-corrected chi connectivity index (χ3v) is 4.46. The highest BCUT2D eigenvalue weighted by molar-refractivity contribution is 7.89. The Labute approximate surface area is 122 Å². The molecule has 6 nitrogen and oxygen atoms in total. The van der Waals surface area contributed by atoms with Gasteiger partial charge in [0.05, 0.1) is 10.9 Å². The Morgan fingerprint density at radius 1 is 1.50 bits per heavy atom. The number of rotatable bonds is 5. The fourth-order valence-corrected chi connectivity index (χ4v) is 3.07. The molecule has 0 radical (unpaired) electrons. The molecule has 1 heterocycles. The van der Waals surface area contributed by atoms with Crippen molar-refractivity contribution in [3.05, 3.63) is 48.0 Å². The maximum absolute atomic E-state index is 12.3. The second kappa shape index (κ2) is 5.70. The van der Waals surface area contributed by atoms with Gasteiger partial charge in [-0.2, -0.15) is 0 Å². The van der Waals surface area contributed by atoms with E-state index in [0.29, 0.717) is 11.4 Å². The third-order valence-electron chi connectivity index (χ3n) is 2.69. The highest BCUT2D eigenvalue weighted by atomic mass is 32.2. The molecule has 4 N–H and O–H groups in total. The topological polar surface area (TPSA) is 101 Å². The van der Waals surface area contributed by atoms with E-state index < -0.39 is 16.1 Å². The first-order valence-corrected chi connectivity index (χ1v) is 7.71. The summed E-state index contributed by atoms with van der Waals surface area (Å²) in [6.07, 6.45) is 3.20. The summed E-state index contributed by atoms with van der Waals surface area (Å²) in [4.78, 5) is 7.14. The van der Waals surface area contributed by atoms with Crippen LogP contribution in [-0.4, -0.2) is 23.4 Å². The third kappa shape index (κ3) is 3.21. The number of nitrogens with two attached hydrogens (primary N) is 1. The molecule has 0 saturated carbocycles. The van der Waals surface area contributed by atoms with Gasteiger partial charge in [0, 0.05) is 18.0 Å². The molecule has 0 aliphatic rings. The molecule has 1 atom stereocenters. The molecule has 0 bridgehead atoms. The van der Waals surface area contributed by atoms with Crippen LogP contribution in [0.4, 0.5) is 0 Å². The van der Waals surface area contributed by atoms with Gasteiger partial charge in [0.1, 0.15) is 10.8 Å².